The summed E-state index contributed by atoms with van der Waals surface area (Å²) in [5, 5.41) is 12.0. The normalized spacial score (nSPS) is 23.1. The van der Waals surface area contributed by atoms with Crippen LogP contribution in [0.5, 0.6) is 0 Å². The Morgan fingerprint density at radius 1 is 1.25 bits per heavy atom. The van der Waals surface area contributed by atoms with Gasteiger partial charge in [-0.1, -0.05) is 28.8 Å². The topological polar surface area (TPSA) is 35.8 Å². The Bertz CT molecular complexity index is 522. The zero-order valence-electron chi connectivity index (χ0n) is 10.7. The quantitative estimate of drug-likeness (QED) is 0.830. The zero-order chi connectivity index (χ0) is 14.8. The van der Waals surface area contributed by atoms with Crippen LogP contribution in [0.2, 0.25) is 0 Å². The average molecular weight is 347 g/mol. The number of nitriles is 1. The molecule has 2 unspecified atom stereocenters. The number of nitrogens with one attached hydrogen (secondary N) is 1. The van der Waals surface area contributed by atoms with Crippen LogP contribution in [-0.2, 0) is 0 Å². The Morgan fingerprint density at radius 3 is 2.60 bits per heavy atom. The van der Waals surface area contributed by atoms with Gasteiger partial charge in [0.05, 0.1) is 17.2 Å². The predicted octanol–water partition coefficient (Wildman–Crippen LogP) is 4.85. The number of hydrogen-bond acceptors (Lipinski definition) is 2. The lowest BCUT2D eigenvalue weighted by Crippen LogP contribution is -2.41. The second-order valence-electron chi connectivity index (χ2n) is 4.99. The summed E-state index contributed by atoms with van der Waals surface area (Å²) < 4.78 is 39.8. The summed E-state index contributed by atoms with van der Waals surface area (Å²) in [5.74, 6) is -1.34. The van der Waals surface area contributed by atoms with Gasteiger partial charge in [-0.3, -0.25) is 0 Å². The molecule has 1 aromatic carbocycles. The van der Waals surface area contributed by atoms with Crippen molar-refractivity contribution in [1.29, 1.82) is 5.26 Å². The first-order valence-electron chi connectivity index (χ1n) is 6.44. The first kappa shape index (κ1) is 15.2. The van der Waals surface area contributed by atoms with Crippen molar-refractivity contribution in [3.63, 3.8) is 0 Å². The maximum absolute atomic E-state index is 13.0. The highest BCUT2D eigenvalue weighted by Gasteiger charge is 2.45. The summed E-state index contributed by atoms with van der Waals surface area (Å²) in [6.45, 7) is 0. The number of nitrogens with zero attached hydrogens (tertiary/aromatic N) is 1. The second-order valence-corrected chi connectivity index (χ2v) is 5.90. The van der Waals surface area contributed by atoms with E-state index in [9.17, 15) is 13.2 Å². The van der Waals surface area contributed by atoms with Crippen LogP contribution in [0.4, 0.5) is 18.9 Å². The summed E-state index contributed by atoms with van der Waals surface area (Å²) in [4.78, 5) is 0. The van der Waals surface area contributed by atoms with E-state index in [1.807, 2.05) is 6.07 Å². The summed E-state index contributed by atoms with van der Waals surface area (Å²) in [5.41, 5.74) is 0.822. The fourth-order valence-electron chi connectivity index (χ4n) is 2.63. The highest BCUT2D eigenvalue weighted by atomic mass is 79.9. The first-order chi connectivity index (χ1) is 9.41. The maximum atomic E-state index is 13.0. The fourth-order valence-corrected chi connectivity index (χ4v) is 2.99. The third-order valence-corrected chi connectivity index (χ3v) is 4.12. The molecule has 0 radical (unpaired) electrons. The molecule has 2 rings (SSSR count). The molecule has 108 valence electrons. The van der Waals surface area contributed by atoms with Crippen molar-refractivity contribution in [1.82, 2.24) is 0 Å². The van der Waals surface area contributed by atoms with E-state index >= 15 is 0 Å². The van der Waals surface area contributed by atoms with Gasteiger partial charge in [0.25, 0.3) is 0 Å². The molecule has 0 amide bonds. The molecule has 0 heterocycles. The van der Waals surface area contributed by atoms with E-state index in [1.54, 1.807) is 18.2 Å². The molecule has 20 heavy (non-hydrogen) atoms. The average Bonchev–Trinajstić information content (AvgIpc) is 2.40. The van der Waals surface area contributed by atoms with Gasteiger partial charge < -0.3 is 5.32 Å². The van der Waals surface area contributed by atoms with Gasteiger partial charge in [0.15, 0.2) is 0 Å². The van der Waals surface area contributed by atoms with Crippen molar-refractivity contribution in [2.45, 2.75) is 37.9 Å². The monoisotopic (exact) mass is 346 g/mol. The van der Waals surface area contributed by atoms with E-state index < -0.39 is 18.1 Å². The van der Waals surface area contributed by atoms with Gasteiger partial charge in [0.2, 0.25) is 0 Å². The van der Waals surface area contributed by atoms with E-state index in [-0.39, 0.29) is 6.42 Å². The molecule has 0 saturated heterocycles. The Hall–Kier alpha value is -1.22. The molecule has 6 heteroatoms. The molecule has 0 aromatic heterocycles. The number of rotatable bonds is 2. The van der Waals surface area contributed by atoms with E-state index in [0.717, 1.165) is 10.9 Å². The summed E-state index contributed by atoms with van der Waals surface area (Å²) >= 11 is 3.25. The summed E-state index contributed by atoms with van der Waals surface area (Å²) in [7, 11) is 0. The Balaban J connectivity index is 2.21. The van der Waals surface area contributed by atoms with Crippen LogP contribution in [-0.4, -0.2) is 12.2 Å². The van der Waals surface area contributed by atoms with Gasteiger partial charge in [-0.05, 0) is 31.0 Å². The van der Waals surface area contributed by atoms with Gasteiger partial charge >= 0.3 is 6.18 Å². The number of halogens is 4. The summed E-state index contributed by atoms with van der Waals surface area (Å²) in [6, 6.07) is 6.32. The van der Waals surface area contributed by atoms with Gasteiger partial charge in [-0.15, -0.1) is 0 Å². The Kier molecular flexibility index (Phi) is 4.59. The van der Waals surface area contributed by atoms with Crippen molar-refractivity contribution in [2.75, 3.05) is 5.32 Å². The molecule has 1 fully saturated rings. The molecule has 1 N–H and O–H groups in total. The van der Waals surface area contributed by atoms with Crippen LogP contribution in [0.1, 0.15) is 31.2 Å². The highest BCUT2D eigenvalue weighted by Crippen LogP contribution is 2.39. The maximum Gasteiger partial charge on any atom is 0.393 e. The van der Waals surface area contributed by atoms with Crippen LogP contribution in [0.25, 0.3) is 0 Å². The third-order valence-electron chi connectivity index (χ3n) is 3.63. The van der Waals surface area contributed by atoms with Crippen LogP contribution in [0, 0.1) is 17.2 Å². The highest BCUT2D eigenvalue weighted by molar-refractivity contribution is 9.10. The van der Waals surface area contributed by atoms with Crippen molar-refractivity contribution in [3.05, 3.63) is 28.2 Å². The van der Waals surface area contributed by atoms with Gasteiger partial charge in [0, 0.05) is 10.5 Å². The van der Waals surface area contributed by atoms with Crippen molar-refractivity contribution >= 4 is 21.6 Å². The van der Waals surface area contributed by atoms with Crippen LogP contribution >= 0.6 is 15.9 Å². The standard InChI is InChI=1S/C14H14BrF3N2/c15-10-5-6-12(9(7-10)8-19)20-13-4-2-1-3-11(13)14(16,17)18/h5-7,11,13,20H,1-4H2. The van der Waals surface area contributed by atoms with Crippen LogP contribution in [0.3, 0.4) is 0 Å². The van der Waals surface area contributed by atoms with E-state index in [0.29, 0.717) is 24.1 Å². The number of benzene rings is 1. The molecule has 1 saturated carbocycles. The smallest absolute Gasteiger partial charge is 0.381 e. The lowest BCUT2D eigenvalue weighted by Gasteiger charge is -2.34. The van der Waals surface area contributed by atoms with E-state index in [2.05, 4.69) is 21.2 Å². The SMILES string of the molecule is N#Cc1cc(Br)ccc1NC1CCCCC1C(F)(F)F. The second kappa shape index (κ2) is 6.04. The lowest BCUT2D eigenvalue weighted by molar-refractivity contribution is -0.184. The molecule has 0 bridgehead atoms. The first-order valence-corrected chi connectivity index (χ1v) is 7.24. The Morgan fingerprint density at radius 2 is 1.95 bits per heavy atom. The van der Waals surface area contributed by atoms with Gasteiger partial charge in [0.1, 0.15) is 6.07 Å². The molecular formula is C14H14BrF3N2. The minimum atomic E-state index is -4.19. The molecule has 2 atom stereocenters. The number of anilines is 1. The molecule has 0 aliphatic heterocycles. The minimum Gasteiger partial charge on any atom is -0.381 e. The molecule has 2 nitrogen and oxygen atoms in total. The van der Waals surface area contributed by atoms with Crippen molar-refractivity contribution in [2.24, 2.45) is 5.92 Å². The lowest BCUT2D eigenvalue weighted by atomic mass is 9.83. The van der Waals surface area contributed by atoms with Crippen LogP contribution < -0.4 is 5.32 Å². The largest absolute Gasteiger partial charge is 0.393 e. The summed E-state index contributed by atoms with van der Waals surface area (Å²) in [6.07, 6.45) is -2.18. The van der Waals surface area contributed by atoms with Crippen molar-refractivity contribution in [3.8, 4) is 6.07 Å². The zero-order valence-corrected chi connectivity index (χ0v) is 12.3. The Labute approximate surface area is 124 Å². The molecule has 1 aliphatic carbocycles. The molecule has 1 aliphatic rings. The predicted molar refractivity (Wildman–Crippen MR) is 74.3 cm³/mol. The van der Waals surface area contributed by atoms with Gasteiger partial charge in [-0.25, -0.2) is 0 Å². The molecule has 1 aromatic rings. The van der Waals surface area contributed by atoms with E-state index in [4.69, 9.17) is 5.26 Å². The fraction of sp³-hybridized carbons (Fsp3) is 0.500. The molecular weight excluding hydrogens is 333 g/mol. The third kappa shape index (κ3) is 3.45. The number of alkyl halides is 3. The van der Waals surface area contributed by atoms with Crippen molar-refractivity contribution < 1.29 is 13.2 Å². The minimum absolute atomic E-state index is 0.152. The van der Waals surface area contributed by atoms with Gasteiger partial charge in [-0.2, -0.15) is 18.4 Å². The van der Waals surface area contributed by atoms with Crippen LogP contribution in [0.15, 0.2) is 22.7 Å². The van der Waals surface area contributed by atoms with E-state index in [1.165, 1.54) is 0 Å². The number of hydrogen-bond donors (Lipinski definition) is 1. The molecule has 0 spiro atoms.